The molecule has 0 fully saturated rings. The minimum absolute atomic E-state index is 0.185. The molecule has 0 aliphatic rings. The number of nitrogens with zero attached hydrogens (tertiary/aromatic N) is 1. The Bertz CT molecular complexity index is 608. The highest BCUT2D eigenvalue weighted by atomic mass is 79.9. The van der Waals surface area contributed by atoms with Gasteiger partial charge in [-0.2, -0.15) is 0 Å². The second kappa shape index (κ2) is 14.6. The van der Waals surface area contributed by atoms with E-state index in [0.717, 1.165) is 52.5 Å². The average molecular weight is 546 g/mol. The maximum Gasteiger partial charge on any atom is 0.147 e. The third-order valence-corrected chi connectivity index (χ3v) is 4.82. The van der Waals surface area contributed by atoms with E-state index in [4.69, 9.17) is 37.5 Å². The van der Waals surface area contributed by atoms with Crippen molar-refractivity contribution in [2.75, 3.05) is 19.8 Å². The van der Waals surface area contributed by atoms with E-state index >= 15 is 0 Å². The highest BCUT2D eigenvalue weighted by molar-refractivity contribution is 9.11. The predicted molar refractivity (Wildman–Crippen MR) is 120 cm³/mol. The molecule has 1 aromatic carbocycles. The molecule has 152 valence electrons. The largest absolute Gasteiger partial charge is 0.491 e. The van der Waals surface area contributed by atoms with Crippen LogP contribution in [0.2, 0.25) is 0 Å². The first kappa shape index (κ1) is 24.6. The minimum atomic E-state index is 0.185. The lowest BCUT2D eigenvalue weighted by Gasteiger charge is -2.12. The molecule has 1 rings (SSSR count). The fraction of sp³-hybridized carbons (Fsp3) is 0.526. The van der Waals surface area contributed by atoms with Crippen LogP contribution in [0.1, 0.15) is 46.0 Å². The smallest absolute Gasteiger partial charge is 0.147 e. The molecule has 0 bridgehead atoms. The SMILES string of the molecule is CC(C)=NOCCCCCCCOc1c(Br)cc(OCC=C(Cl)Cl)cc1Br. The molecule has 8 heteroatoms. The number of unbranched alkanes of at least 4 members (excludes halogenated alkanes) is 4. The molecule has 0 N–H and O–H groups in total. The van der Waals surface area contributed by atoms with Crippen LogP contribution in [-0.4, -0.2) is 25.5 Å². The van der Waals surface area contributed by atoms with Crippen LogP contribution in [0, 0.1) is 0 Å². The van der Waals surface area contributed by atoms with Crippen molar-refractivity contribution < 1.29 is 14.3 Å². The average Bonchev–Trinajstić information content (AvgIpc) is 2.58. The van der Waals surface area contributed by atoms with Gasteiger partial charge in [-0.05, 0) is 83.2 Å². The van der Waals surface area contributed by atoms with E-state index in [2.05, 4.69) is 37.0 Å². The van der Waals surface area contributed by atoms with Crippen molar-refractivity contribution in [3.63, 3.8) is 0 Å². The van der Waals surface area contributed by atoms with Crippen molar-refractivity contribution in [2.24, 2.45) is 5.16 Å². The van der Waals surface area contributed by atoms with E-state index in [1.165, 1.54) is 0 Å². The molecule has 0 aliphatic carbocycles. The first-order valence-electron chi connectivity index (χ1n) is 8.79. The van der Waals surface area contributed by atoms with Gasteiger partial charge in [0.25, 0.3) is 0 Å². The lowest BCUT2D eigenvalue weighted by Crippen LogP contribution is -2.00. The van der Waals surface area contributed by atoms with Crippen LogP contribution >= 0.6 is 55.1 Å². The molecule has 0 radical (unpaired) electrons. The van der Waals surface area contributed by atoms with E-state index in [9.17, 15) is 0 Å². The van der Waals surface area contributed by atoms with E-state index in [0.29, 0.717) is 25.6 Å². The van der Waals surface area contributed by atoms with Crippen molar-refractivity contribution in [3.05, 3.63) is 31.6 Å². The van der Waals surface area contributed by atoms with Crippen molar-refractivity contribution in [3.8, 4) is 11.5 Å². The Morgan fingerprint density at radius 2 is 1.56 bits per heavy atom. The van der Waals surface area contributed by atoms with Gasteiger partial charge in [-0.1, -0.05) is 41.2 Å². The van der Waals surface area contributed by atoms with Crippen molar-refractivity contribution >= 4 is 60.8 Å². The van der Waals surface area contributed by atoms with Crippen LogP contribution in [0.15, 0.2) is 36.8 Å². The molecular formula is C19H25Br2Cl2NO3. The van der Waals surface area contributed by atoms with Gasteiger partial charge in [0.15, 0.2) is 0 Å². The van der Waals surface area contributed by atoms with Gasteiger partial charge in [0.1, 0.15) is 29.2 Å². The zero-order valence-corrected chi connectivity index (χ0v) is 20.3. The summed E-state index contributed by atoms with van der Waals surface area (Å²) in [5, 5.41) is 3.92. The second-order valence-corrected chi connectivity index (χ2v) is 8.73. The number of benzene rings is 1. The molecule has 0 aromatic heterocycles. The van der Waals surface area contributed by atoms with Gasteiger partial charge in [0.2, 0.25) is 0 Å². The van der Waals surface area contributed by atoms with Gasteiger partial charge in [0.05, 0.1) is 21.3 Å². The normalized spacial score (nSPS) is 10.3. The zero-order valence-electron chi connectivity index (χ0n) is 15.6. The highest BCUT2D eigenvalue weighted by Crippen LogP contribution is 2.37. The van der Waals surface area contributed by atoms with Gasteiger partial charge >= 0.3 is 0 Å². The van der Waals surface area contributed by atoms with Crippen LogP contribution in [0.4, 0.5) is 0 Å². The van der Waals surface area contributed by atoms with Crippen LogP contribution in [0.3, 0.4) is 0 Å². The molecule has 0 heterocycles. The molecule has 0 unspecified atom stereocenters. The molecule has 0 saturated carbocycles. The summed E-state index contributed by atoms with van der Waals surface area (Å²) in [4.78, 5) is 5.18. The molecule has 27 heavy (non-hydrogen) atoms. The molecule has 0 atom stereocenters. The minimum Gasteiger partial charge on any atom is -0.491 e. The number of hydrogen-bond acceptors (Lipinski definition) is 4. The first-order chi connectivity index (χ1) is 12.9. The Morgan fingerprint density at radius 1 is 0.963 bits per heavy atom. The van der Waals surface area contributed by atoms with Crippen molar-refractivity contribution in [1.29, 1.82) is 0 Å². The zero-order chi connectivity index (χ0) is 20.1. The Labute approximate surface area is 188 Å². The maximum absolute atomic E-state index is 5.89. The summed E-state index contributed by atoms with van der Waals surface area (Å²) in [6, 6.07) is 3.72. The van der Waals surface area contributed by atoms with Crippen molar-refractivity contribution in [1.82, 2.24) is 0 Å². The lowest BCUT2D eigenvalue weighted by molar-refractivity contribution is 0.139. The fourth-order valence-corrected chi connectivity index (χ4v) is 3.61. The third-order valence-electron chi connectivity index (χ3n) is 3.33. The van der Waals surface area contributed by atoms with E-state index < -0.39 is 0 Å². The Morgan fingerprint density at radius 3 is 2.15 bits per heavy atom. The van der Waals surface area contributed by atoms with Gasteiger partial charge in [0, 0.05) is 0 Å². The van der Waals surface area contributed by atoms with Gasteiger partial charge in [-0.25, -0.2) is 0 Å². The van der Waals surface area contributed by atoms with Crippen LogP contribution in [-0.2, 0) is 4.84 Å². The monoisotopic (exact) mass is 543 g/mol. The molecule has 0 aliphatic heterocycles. The third kappa shape index (κ3) is 11.9. The molecule has 0 saturated heterocycles. The van der Waals surface area contributed by atoms with Gasteiger partial charge in [-0.15, -0.1) is 0 Å². The Balaban J connectivity index is 2.24. The number of rotatable bonds is 13. The van der Waals surface area contributed by atoms with Crippen LogP contribution < -0.4 is 9.47 Å². The first-order valence-corrected chi connectivity index (χ1v) is 11.1. The van der Waals surface area contributed by atoms with Crippen molar-refractivity contribution in [2.45, 2.75) is 46.0 Å². The standard InChI is InChI=1S/C19H25Br2Cl2NO3/c1-14(2)24-27-10-7-5-3-4-6-9-26-19-16(20)12-15(13-17(19)21)25-11-8-18(22)23/h8,12-13H,3-7,9-11H2,1-2H3. The summed E-state index contributed by atoms with van der Waals surface area (Å²) in [7, 11) is 0. The maximum atomic E-state index is 5.89. The van der Waals surface area contributed by atoms with Gasteiger partial charge in [-0.3, -0.25) is 0 Å². The fourth-order valence-electron chi connectivity index (χ4n) is 2.11. The number of halogens is 4. The summed E-state index contributed by atoms with van der Waals surface area (Å²) in [5.41, 5.74) is 0.945. The van der Waals surface area contributed by atoms with Crippen LogP contribution in [0.25, 0.3) is 0 Å². The summed E-state index contributed by atoms with van der Waals surface area (Å²) >= 11 is 18.2. The molecule has 0 spiro atoms. The number of oxime groups is 1. The summed E-state index contributed by atoms with van der Waals surface area (Å²) in [6.45, 7) is 5.50. The highest BCUT2D eigenvalue weighted by Gasteiger charge is 2.10. The van der Waals surface area contributed by atoms with E-state index in [1.54, 1.807) is 6.08 Å². The summed E-state index contributed by atoms with van der Waals surface area (Å²) < 4.78 is 13.3. The lowest BCUT2D eigenvalue weighted by atomic mass is 10.1. The molecular weight excluding hydrogens is 521 g/mol. The van der Waals surface area contributed by atoms with Crippen LogP contribution in [0.5, 0.6) is 11.5 Å². The number of hydrogen-bond donors (Lipinski definition) is 0. The Hall–Kier alpha value is -0.430. The summed E-state index contributed by atoms with van der Waals surface area (Å²) in [6.07, 6.45) is 7.03. The number of ether oxygens (including phenoxy) is 2. The molecule has 0 amide bonds. The topological polar surface area (TPSA) is 40.0 Å². The molecule has 4 nitrogen and oxygen atoms in total. The Kier molecular flexibility index (Phi) is 13.3. The molecule has 1 aromatic rings. The van der Waals surface area contributed by atoms with E-state index in [1.807, 2.05) is 26.0 Å². The quantitative estimate of drug-likeness (QED) is 0.145. The van der Waals surface area contributed by atoms with E-state index in [-0.39, 0.29) is 4.49 Å². The predicted octanol–water partition coefficient (Wildman–Crippen LogP) is 7.65. The summed E-state index contributed by atoms with van der Waals surface area (Å²) in [5.74, 6) is 1.46. The van der Waals surface area contributed by atoms with Gasteiger partial charge < -0.3 is 14.3 Å². The second-order valence-electron chi connectivity index (χ2n) is 6.01.